The van der Waals surface area contributed by atoms with Crippen molar-refractivity contribution in [2.75, 3.05) is 0 Å². The Labute approximate surface area is 206 Å². The van der Waals surface area contributed by atoms with Crippen LogP contribution in [0.4, 0.5) is 0 Å². The van der Waals surface area contributed by atoms with Crippen LogP contribution < -0.4 is 58.7 Å². The van der Waals surface area contributed by atoms with Crippen LogP contribution in [0, 0.1) is 62.2 Å². The van der Waals surface area contributed by atoms with Gasteiger partial charge in [-0.25, -0.2) is 0 Å². The van der Waals surface area contributed by atoms with E-state index in [4.69, 9.17) is 0 Å². The van der Waals surface area contributed by atoms with E-state index in [1.54, 1.807) is 0 Å². The Morgan fingerprint density at radius 1 is 0.310 bits per heavy atom. The first kappa shape index (κ1) is 42.1. The molecular formula is O21P6U2-12. The fourth-order valence-corrected chi connectivity index (χ4v) is 3.31. The summed E-state index contributed by atoms with van der Waals surface area (Å²) in [5.41, 5.74) is 0. The first-order valence-corrected chi connectivity index (χ1v) is 13.1. The van der Waals surface area contributed by atoms with Crippen LogP contribution in [0.25, 0.3) is 0 Å². The van der Waals surface area contributed by atoms with Gasteiger partial charge in [-0.3, -0.25) is 0 Å². The molecule has 0 aromatic heterocycles. The van der Waals surface area contributed by atoms with E-state index in [0.717, 1.165) is 0 Å². The first-order chi connectivity index (χ1) is 11.1. The second kappa shape index (κ2) is 15.7. The molecular weight excluding hydrogens is 998 g/mol. The molecule has 0 spiro atoms. The van der Waals surface area contributed by atoms with Crippen molar-refractivity contribution in [3.05, 3.63) is 0 Å². The van der Waals surface area contributed by atoms with Gasteiger partial charge in [0.15, 0.2) is 0 Å². The average Bonchev–Trinajstić information content (AvgIpc) is 1.96. The minimum atomic E-state index is -5.68. The van der Waals surface area contributed by atoms with E-state index in [1.165, 1.54) is 0 Å². The summed E-state index contributed by atoms with van der Waals surface area (Å²) in [6.45, 7) is 0. The molecule has 0 heterocycles. The number of rotatable bonds is 6. The molecule has 0 aromatic carbocycles. The van der Waals surface area contributed by atoms with Gasteiger partial charge >= 0.3 is 0 Å². The zero-order valence-corrected chi connectivity index (χ0v) is 26.0. The maximum absolute atomic E-state index is 9.32. The third kappa shape index (κ3) is 59.1. The standard InChI is InChI=1S/3H4O7P2.2U/c3*1-8(2,3)7-9(4,5)6;;/h3*(H2,1,2,3)(H2,4,5,6);;/p-12. The van der Waals surface area contributed by atoms with Crippen molar-refractivity contribution in [1.29, 1.82) is 0 Å². The number of hydrogen-bond acceptors (Lipinski definition) is 21. The van der Waals surface area contributed by atoms with Gasteiger partial charge in [0.05, 0.1) is 46.9 Å². The van der Waals surface area contributed by atoms with Gasteiger partial charge in [-0.1, -0.05) is 0 Å². The Morgan fingerprint density at radius 2 is 0.379 bits per heavy atom. The van der Waals surface area contributed by atoms with Crippen LogP contribution in [-0.2, 0) is 40.3 Å². The molecule has 0 aliphatic heterocycles. The second-order valence-electron chi connectivity index (χ2n) is 2.93. The van der Waals surface area contributed by atoms with Crippen LogP contribution in [0.1, 0.15) is 0 Å². The fourth-order valence-electron chi connectivity index (χ4n) is 0.367. The van der Waals surface area contributed by atoms with Crippen LogP contribution in [0.2, 0.25) is 0 Å². The maximum Gasteiger partial charge on any atom is 0.0655 e. The van der Waals surface area contributed by atoms with Gasteiger partial charge in [0.1, 0.15) is 0 Å². The van der Waals surface area contributed by atoms with Crippen molar-refractivity contribution in [2.45, 2.75) is 0 Å². The van der Waals surface area contributed by atoms with Gasteiger partial charge in [0.25, 0.3) is 0 Å². The van der Waals surface area contributed by atoms with Gasteiger partial charge < -0.3 is 99.0 Å². The normalized spacial score (nSPS) is 12.8. The molecule has 0 unspecified atom stereocenters. The molecule has 21 nitrogen and oxygen atoms in total. The molecule has 0 amide bonds. The quantitative estimate of drug-likeness (QED) is 0.223. The van der Waals surface area contributed by atoms with Crippen LogP contribution in [0.3, 0.4) is 0 Å². The molecule has 0 saturated heterocycles. The molecule has 29 heavy (non-hydrogen) atoms. The Kier molecular flexibility index (Phi) is 22.8. The van der Waals surface area contributed by atoms with Crippen molar-refractivity contribution in [2.24, 2.45) is 0 Å². The van der Waals surface area contributed by atoms with Crippen LogP contribution in [0.5, 0.6) is 0 Å². The molecule has 0 aliphatic carbocycles. The predicted molar refractivity (Wildman–Crippen MR) is 48.9 cm³/mol. The monoisotopic (exact) mass is 998 g/mol. The van der Waals surface area contributed by atoms with Crippen LogP contribution >= 0.6 is 46.9 Å². The summed E-state index contributed by atoms with van der Waals surface area (Å²) in [6.07, 6.45) is 0. The summed E-state index contributed by atoms with van der Waals surface area (Å²) < 4.78 is 63.5. The molecule has 176 valence electrons. The van der Waals surface area contributed by atoms with E-state index in [9.17, 15) is 86.1 Å². The van der Waals surface area contributed by atoms with Crippen LogP contribution in [0.15, 0.2) is 0 Å². The Bertz CT molecular complexity index is 552. The number of hydrogen-bond donors (Lipinski definition) is 0. The van der Waals surface area contributed by atoms with E-state index in [0.29, 0.717) is 0 Å². The number of phosphoric acid groups is 6. The van der Waals surface area contributed by atoms with E-state index in [-0.39, 0.29) is 62.2 Å². The largest absolute Gasteiger partial charge is 0.790 e. The fraction of sp³-hybridized carbons (Fsp3) is 0. The van der Waals surface area contributed by atoms with Gasteiger partial charge in [0.2, 0.25) is 0 Å². The Hall–Kier alpha value is 2.88. The van der Waals surface area contributed by atoms with Gasteiger partial charge in [-0.15, -0.1) is 0 Å². The molecule has 0 radical (unpaired) electrons. The summed E-state index contributed by atoms with van der Waals surface area (Å²) >= 11 is 0. The topological polar surface area (TPSA) is 407 Å². The molecule has 29 heteroatoms. The van der Waals surface area contributed by atoms with Crippen molar-refractivity contribution < 1.29 is 161 Å². The molecule has 0 rings (SSSR count). The minimum Gasteiger partial charge on any atom is -0.790 e. The first-order valence-electron chi connectivity index (χ1n) is 4.38. The SMILES string of the molecule is O=P([O-])([O-])OP(=O)([O-])[O-].O=P([O-])([O-])OP(=O)([O-])[O-].O=P([O-])([O-])OP(=O)([O-])[O-].[U].[U]. The molecule has 0 atom stereocenters. The summed E-state index contributed by atoms with van der Waals surface area (Å²) in [5, 5.41) is 0. The van der Waals surface area contributed by atoms with Gasteiger partial charge in [-0.05, 0) is 0 Å². The molecule has 0 aliphatic rings. The minimum absolute atomic E-state index is 0. The van der Waals surface area contributed by atoms with Crippen LogP contribution in [-0.4, -0.2) is 0 Å². The summed E-state index contributed by atoms with van der Waals surface area (Å²) in [5.74, 6) is 0. The Morgan fingerprint density at radius 3 is 0.379 bits per heavy atom. The van der Waals surface area contributed by atoms with Crippen molar-refractivity contribution in [3.8, 4) is 0 Å². The molecule has 0 N–H and O–H groups in total. The summed E-state index contributed by atoms with van der Waals surface area (Å²) in [6, 6.07) is 0. The van der Waals surface area contributed by atoms with Crippen molar-refractivity contribution in [1.82, 2.24) is 0 Å². The zero-order valence-electron chi connectivity index (χ0n) is 12.3. The van der Waals surface area contributed by atoms with E-state index < -0.39 is 46.9 Å². The zero-order chi connectivity index (χ0) is 23.1. The van der Waals surface area contributed by atoms with E-state index in [2.05, 4.69) is 12.9 Å². The van der Waals surface area contributed by atoms with E-state index >= 15 is 0 Å². The molecule has 0 bridgehead atoms. The summed E-state index contributed by atoms with van der Waals surface area (Å²) in [4.78, 5) is 112. The van der Waals surface area contributed by atoms with Crippen molar-refractivity contribution >= 4 is 46.9 Å². The molecule has 0 aromatic rings. The average molecular weight is 998 g/mol. The van der Waals surface area contributed by atoms with E-state index in [1.807, 2.05) is 0 Å². The predicted octanol–water partition coefficient (Wildman–Crippen LogP) is -10.0. The van der Waals surface area contributed by atoms with Gasteiger partial charge in [0, 0.05) is 62.2 Å². The third-order valence-corrected chi connectivity index (χ3v) is 5.40. The third-order valence-electron chi connectivity index (χ3n) is 0.600. The van der Waals surface area contributed by atoms with Gasteiger partial charge in [-0.2, -0.15) is 0 Å². The summed E-state index contributed by atoms with van der Waals surface area (Å²) in [7, 11) is -34.1. The maximum atomic E-state index is 9.32. The second-order valence-corrected chi connectivity index (χ2v) is 10.3. The smallest absolute Gasteiger partial charge is 0.0655 e. The molecule has 0 fully saturated rings. The molecule has 0 saturated carbocycles. The van der Waals surface area contributed by atoms with Crippen molar-refractivity contribution in [3.63, 3.8) is 0 Å². The Balaban J connectivity index is -0.0000000960.